The van der Waals surface area contributed by atoms with E-state index in [2.05, 4.69) is 20.4 Å². The predicted molar refractivity (Wildman–Crippen MR) is 60.2 cm³/mol. The summed E-state index contributed by atoms with van der Waals surface area (Å²) < 4.78 is 0. The Balaban J connectivity index is 2.60. The summed E-state index contributed by atoms with van der Waals surface area (Å²) in [5.74, 6) is 0.290. The summed E-state index contributed by atoms with van der Waals surface area (Å²) in [6, 6.07) is 0. The fourth-order valence-corrected chi connectivity index (χ4v) is 2.01. The highest BCUT2D eigenvalue weighted by Crippen LogP contribution is 2.35. The van der Waals surface area contributed by atoms with Crippen LogP contribution in [0.15, 0.2) is 23.8 Å². The lowest BCUT2D eigenvalue weighted by molar-refractivity contribution is -0.117. The molecule has 0 radical (unpaired) electrons. The molecule has 0 saturated heterocycles. The maximum atomic E-state index is 11.4. The second-order valence-corrected chi connectivity index (χ2v) is 5.24. The number of ketones is 1. The van der Waals surface area contributed by atoms with Gasteiger partial charge < -0.3 is 0 Å². The van der Waals surface area contributed by atoms with Crippen LogP contribution in [0.2, 0.25) is 0 Å². The SMILES string of the molecule is C=C(C)CCC1=CC(=O)CC(C)(C)C1. The van der Waals surface area contributed by atoms with E-state index in [9.17, 15) is 4.79 Å². The van der Waals surface area contributed by atoms with Crippen molar-refractivity contribution in [2.45, 2.75) is 46.5 Å². The van der Waals surface area contributed by atoms with Crippen LogP contribution in [0, 0.1) is 5.41 Å². The van der Waals surface area contributed by atoms with Crippen LogP contribution in [-0.2, 0) is 4.79 Å². The molecule has 0 bridgehead atoms. The van der Waals surface area contributed by atoms with Gasteiger partial charge in [0.2, 0.25) is 0 Å². The number of hydrogen-bond donors (Lipinski definition) is 0. The van der Waals surface area contributed by atoms with E-state index in [-0.39, 0.29) is 11.2 Å². The third kappa shape index (κ3) is 3.49. The fraction of sp³-hybridized carbons (Fsp3) is 0.615. The third-order valence-corrected chi connectivity index (χ3v) is 2.60. The number of carbonyl (C=O) groups is 1. The van der Waals surface area contributed by atoms with Crippen LogP contribution in [0.5, 0.6) is 0 Å². The first kappa shape index (κ1) is 11.2. The maximum absolute atomic E-state index is 11.4. The number of allylic oxidation sites excluding steroid dienone is 3. The van der Waals surface area contributed by atoms with Crippen molar-refractivity contribution >= 4 is 5.78 Å². The van der Waals surface area contributed by atoms with Crippen LogP contribution in [0.4, 0.5) is 0 Å². The molecule has 0 saturated carbocycles. The van der Waals surface area contributed by atoms with E-state index in [1.54, 1.807) is 0 Å². The Kier molecular flexibility index (Phi) is 3.30. The molecule has 0 aliphatic heterocycles. The molecule has 1 rings (SSSR count). The predicted octanol–water partition coefficient (Wildman–Crippen LogP) is 3.66. The summed E-state index contributed by atoms with van der Waals surface area (Å²) in [7, 11) is 0. The van der Waals surface area contributed by atoms with Gasteiger partial charge in [0.15, 0.2) is 5.78 Å². The average molecular weight is 192 g/mol. The summed E-state index contributed by atoms with van der Waals surface area (Å²) in [6.45, 7) is 10.3. The summed E-state index contributed by atoms with van der Waals surface area (Å²) >= 11 is 0. The van der Waals surface area contributed by atoms with Gasteiger partial charge in [0, 0.05) is 6.42 Å². The van der Waals surface area contributed by atoms with E-state index in [1.807, 2.05) is 13.0 Å². The molecular weight excluding hydrogens is 172 g/mol. The van der Waals surface area contributed by atoms with Crippen molar-refractivity contribution in [1.29, 1.82) is 0 Å². The van der Waals surface area contributed by atoms with Gasteiger partial charge in [-0.05, 0) is 37.7 Å². The van der Waals surface area contributed by atoms with Gasteiger partial charge in [0.1, 0.15) is 0 Å². The minimum Gasteiger partial charge on any atom is -0.295 e. The van der Waals surface area contributed by atoms with E-state index in [0.717, 1.165) is 19.3 Å². The van der Waals surface area contributed by atoms with Crippen LogP contribution in [0.1, 0.15) is 46.5 Å². The smallest absolute Gasteiger partial charge is 0.156 e. The Bertz CT molecular complexity index is 282. The Morgan fingerprint density at radius 1 is 1.50 bits per heavy atom. The standard InChI is InChI=1S/C13H20O/c1-10(2)5-6-11-7-12(14)9-13(3,4)8-11/h7H,1,5-6,8-9H2,2-4H3. The molecule has 0 unspecified atom stereocenters. The molecule has 0 aromatic carbocycles. The lowest BCUT2D eigenvalue weighted by Gasteiger charge is -2.28. The molecule has 1 heteroatoms. The molecule has 1 nitrogen and oxygen atoms in total. The molecule has 1 aliphatic rings. The highest BCUT2D eigenvalue weighted by Gasteiger charge is 2.26. The molecule has 0 heterocycles. The molecule has 0 aromatic heterocycles. The monoisotopic (exact) mass is 192 g/mol. The van der Waals surface area contributed by atoms with Gasteiger partial charge in [-0.2, -0.15) is 0 Å². The normalized spacial score (nSPS) is 20.5. The van der Waals surface area contributed by atoms with Crippen molar-refractivity contribution in [1.82, 2.24) is 0 Å². The largest absolute Gasteiger partial charge is 0.295 e. The number of rotatable bonds is 3. The molecule has 0 fully saturated rings. The molecule has 14 heavy (non-hydrogen) atoms. The van der Waals surface area contributed by atoms with Crippen molar-refractivity contribution in [3.05, 3.63) is 23.8 Å². The van der Waals surface area contributed by atoms with E-state index in [1.165, 1.54) is 11.1 Å². The van der Waals surface area contributed by atoms with Crippen LogP contribution in [0.25, 0.3) is 0 Å². The second-order valence-electron chi connectivity index (χ2n) is 5.24. The zero-order valence-corrected chi connectivity index (χ0v) is 9.52. The van der Waals surface area contributed by atoms with Gasteiger partial charge in [-0.3, -0.25) is 4.79 Å². The van der Waals surface area contributed by atoms with Crippen molar-refractivity contribution in [3.63, 3.8) is 0 Å². The maximum Gasteiger partial charge on any atom is 0.156 e. The molecule has 0 spiro atoms. The first-order valence-corrected chi connectivity index (χ1v) is 5.26. The minimum absolute atomic E-state index is 0.163. The van der Waals surface area contributed by atoms with Gasteiger partial charge in [0.05, 0.1) is 0 Å². The van der Waals surface area contributed by atoms with E-state index >= 15 is 0 Å². The quantitative estimate of drug-likeness (QED) is 0.624. The molecule has 1 aliphatic carbocycles. The lowest BCUT2D eigenvalue weighted by Crippen LogP contribution is -2.21. The van der Waals surface area contributed by atoms with Gasteiger partial charge in [0.25, 0.3) is 0 Å². The highest BCUT2D eigenvalue weighted by atomic mass is 16.1. The number of hydrogen-bond acceptors (Lipinski definition) is 1. The molecule has 0 atom stereocenters. The first-order valence-electron chi connectivity index (χ1n) is 5.26. The van der Waals surface area contributed by atoms with Crippen molar-refractivity contribution < 1.29 is 4.79 Å². The minimum atomic E-state index is 0.163. The van der Waals surface area contributed by atoms with Gasteiger partial charge in [-0.1, -0.05) is 25.0 Å². The van der Waals surface area contributed by atoms with Crippen LogP contribution in [0.3, 0.4) is 0 Å². The summed E-state index contributed by atoms with van der Waals surface area (Å²) in [4.78, 5) is 11.4. The average Bonchev–Trinajstić information content (AvgIpc) is 1.96. The summed E-state index contributed by atoms with van der Waals surface area (Å²) in [5.41, 5.74) is 2.66. The van der Waals surface area contributed by atoms with Gasteiger partial charge >= 0.3 is 0 Å². The lowest BCUT2D eigenvalue weighted by atomic mass is 9.76. The molecule has 0 amide bonds. The Hall–Kier alpha value is -0.850. The Morgan fingerprint density at radius 3 is 2.64 bits per heavy atom. The molecule has 0 N–H and O–H groups in total. The Morgan fingerprint density at radius 2 is 2.14 bits per heavy atom. The fourth-order valence-electron chi connectivity index (χ4n) is 2.01. The third-order valence-electron chi connectivity index (χ3n) is 2.60. The zero-order chi connectivity index (χ0) is 10.8. The molecule has 0 aromatic rings. The van der Waals surface area contributed by atoms with Gasteiger partial charge in [-0.15, -0.1) is 6.58 Å². The zero-order valence-electron chi connectivity index (χ0n) is 9.52. The van der Waals surface area contributed by atoms with Crippen LogP contribution in [-0.4, -0.2) is 5.78 Å². The first-order chi connectivity index (χ1) is 6.39. The summed E-state index contributed by atoms with van der Waals surface area (Å²) in [5, 5.41) is 0. The van der Waals surface area contributed by atoms with Crippen molar-refractivity contribution in [2.24, 2.45) is 5.41 Å². The molecule has 78 valence electrons. The van der Waals surface area contributed by atoms with Crippen LogP contribution < -0.4 is 0 Å². The number of carbonyl (C=O) groups excluding carboxylic acids is 1. The highest BCUT2D eigenvalue weighted by molar-refractivity contribution is 5.91. The van der Waals surface area contributed by atoms with Crippen LogP contribution >= 0.6 is 0 Å². The second kappa shape index (κ2) is 4.12. The molecular formula is C13H20O. The van der Waals surface area contributed by atoms with E-state index < -0.39 is 0 Å². The van der Waals surface area contributed by atoms with E-state index in [0.29, 0.717) is 6.42 Å². The van der Waals surface area contributed by atoms with Crippen molar-refractivity contribution in [2.75, 3.05) is 0 Å². The summed E-state index contributed by atoms with van der Waals surface area (Å²) in [6.07, 6.45) is 5.61. The van der Waals surface area contributed by atoms with Gasteiger partial charge in [-0.25, -0.2) is 0 Å². The Labute approximate surface area is 86.9 Å². The van der Waals surface area contributed by atoms with Crippen molar-refractivity contribution in [3.8, 4) is 0 Å². The van der Waals surface area contributed by atoms with E-state index in [4.69, 9.17) is 0 Å². The topological polar surface area (TPSA) is 17.1 Å².